The Balaban J connectivity index is 1.88. The van der Waals surface area contributed by atoms with Gasteiger partial charge in [0.2, 0.25) is 0 Å². The maximum absolute atomic E-state index is 5.29. The van der Waals surface area contributed by atoms with Crippen LogP contribution in [-0.2, 0) is 0 Å². The molecule has 0 aliphatic carbocycles. The Hall–Kier alpha value is -2.78. The number of allylic oxidation sites excluding steroid dienone is 1. The van der Waals surface area contributed by atoms with Gasteiger partial charge in [0.1, 0.15) is 5.75 Å². The molecular weight excluding hydrogens is 338 g/mol. The third kappa shape index (κ3) is 4.87. The second kappa shape index (κ2) is 9.07. The minimum atomic E-state index is 0.862. The molecule has 0 unspecified atom stereocenters. The first-order valence-electron chi connectivity index (χ1n) is 8.43. The molecule has 3 aromatic rings. The molecule has 0 bridgehead atoms. The van der Waals surface area contributed by atoms with E-state index in [0.717, 1.165) is 27.6 Å². The Morgan fingerprint density at radius 1 is 0.923 bits per heavy atom. The first kappa shape index (κ1) is 18.0. The molecule has 0 N–H and O–H groups in total. The van der Waals surface area contributed by atoms with Gasteiger partial charge in [-0.05, 0) is 54.3 Å². The molecule has 130 valence electrons. The number of hydrogen-bond donors (Lipinski definition) is 0. The highest BCUT2D eigenvalue weighted by Gasteiger charge is 2.04. The zero-order chi connectivity index (χ0) is 18.2. The molecular formula is C23H21NOS. The molecule has 26 heavy (non-hydrogen) atoms. The third-order valence-electron chi connectivity index (χ3n) is 3.90. The fourth-order valence-electron chi connectivity index (χ4n) is 2.54. The molecule has 0 fully saturated rings. The van der Waals surface area contributed by atoms with Crippen LogP contribution in [0.15, 0.2) is 100 Å². The van der Waals surface area contributed by atoms with Gasteiger partial charge in [-0.25, -0.2) is 4.99 Å². The van der Waals surface area contributed by atoms with E-state index >= 15 is 0 Å². The van der Waals surface area contributed by atoms with E-state index in [-0.39, 0.29) is 0 Å². The number of aliphatic imine (C=N–C) groups is 1. The maximum Gasteiger partial charge on any atom is 0.119 e. The van der Waals surface area contributed by atoms with Crippen molar-refractivity contribution in [3.63, 3.8) is 0 Å². The molecule has 0 aliphatic heterocycles. The van der Waals surface area contributed by atoms with Crippen LogP contribution < -0.4 is 4.74 Å². The van der Waals surface area contributed by atoms with E-state index in [1.165, 1.54) is 5.56 Å². The van der Waals surface area contributed by atoms with E-state index < -0.39 is 0 Å². The lowest BCUT2D eigenvalue weighted by atomic mass is 10.0. The van der Waals surface area contributed by atoms with Crippen LogP contribution in [0.1, 0.15) is 11.1 Å². The Morgan fingerprint density at radius 2 is 1.69 bits per heavy atom. The largest absolute Gasteiger partial charge is 0.497 e. The van der Waals surface area contributed by atoms with Crippen molar-refractivity contribution in [2.45, 2.75) is 11.8 Å². The number of benzene rings is 3. The minimum absolute atomic E-state index is 0.862. The summed E-state index contributed by atoms with van der Waals surface area (Å²) in [7, 11) is 1.68. The number of thioether (sulfide) groups is 1. The standard InChI is InChI=1S/C23H21NOS/c1-18-9-6-7-14-22(18)23(24-19-10-4-3-5-11-19)15-16-26-21-13-8-12-20(17-21)25-2/h3-17H,1-2H3. The molecule has 3 aromatic carbocycles. The molecule has 0 aliphatic rings. The number of nitrogens with zero attached hydrogens (tertiary/aromatic N) is 1. The highest BCUT2D eigenvalue weighted by molar-refractivity contribution is 8.02. The lowest BCUT2D eigenvalue weighted by Gasteiger charge is -2.06. The van der Waals surface area contributed by atoms with Gasteiger partial charge in [0.15, 0.2) is 0 Å². The smallest absolute Gasteiger partial charge is 0.119 e. The Morgan fingerprint density at radius 3 is 2.46 bits per heavy atom. The van der Waals surface area contributed by atoms with Crippen LogP contribution in [0, 0.1) is 6.92 Å². The van der Waals surface area contributed by atoms with E-state index in [2.05, 4.69) is 36.6 Å². The first-order chi connectivity index (χ1) is 12.8. The lowest BCUT2D eigenvalue weighted by molar-refractivity contribution is 0.413. The Kier molecular flexibility index (Phi) is 6.29. The van der Waals surface area contributed by atoms with Gasteiger partial charge < -0.3 is 4.74 Å². The van der Waals surface area contributed by atoms with Crippen LogP contribution in [0.5, 0.6) is 5.75 Å². The van der Waals surface area contributed by atoms with Crippen molar-refractivity contribution in [1.29, 1.82) is 0 Å². The Bertz CT molecular complexity index is 916. The zero-order valence-corrected chi connectivity index (χ0v) is 15.7. The Labute approximate surface area is 159 Å². The van der Waals surface area contributed by atoms with Crippen LogP contribution >= 0.6 is 11.8 Å². The van der Waals surface area contributed by atoms with E-state index in [1.807, 2.05) is 60.7 Å². The van der Waals surface area contributed by atoms with Crippen LogP contribution in [0.2, 0.25) is 0 Å². The van der Waals surface area contributed by atoms with Gasteiger partial charge in [0.05, 0.1) is 18.5 Å². The van der Waals surface area contributed by atoms with Crippen molar-refractivity contribution < 1.29 is 4.74 Å². The van der Waals surface area contributed by atoms with Crippen molar-refractivity contribution in [2.75, 3.05) is 7.11 Å². The summed E-state index contributed by atoms with van der Waals surface area (Å²) in [4.78, 5) is 5.98. The van der Waals surface area contributed by atoms with Gasteiger partial charge in [-0.3, -0.25) is 0 Å². The SMILES string of the molecule is COc1cccc(SC=CC(=Nc2ccccc2)c2ccccc2C)c1. The highest BCUT2D eigenvalue weighted by Crippen LogP contribution is 2.24. The summed E-state index contributed by atoms with van der Waals surface area (Å²) < 4.78 is 5.29. The summed E-state index contributed by atoms with van der Waals surface area (Å²) >= 11 is 1.65. The summed E-state index contributed by atoms with van der Waals surface area (Å²) in [5.41, 5.74) is 4.24. The normalized spacial score (nSPS) is 11.7. The average Bonchev–Trinajstić information content (AvgIpc) is 2.69. The molecule has 2 nitrogen and oxygen atoms in total. The topological polar surface area (TPSA) is 21.6 Å². The molecule has 0 spiro atoms. The van der Waals surface area contributed by atoms with Crippen molar-refractivity contribution in [3.8, 4) is 5.75 Å². The summed E-state index contributed by atoms with van der Waals surface area (Å²) in [6.07, 6.45) is 2.07. The van der Waals surface area contributed by atoms with Gasteiger partial charge in [-0.15, -0.1) is 0 Å². The molecule has 0 saturated heterocycles. The number of rotatable bonds is 6. The average molecular weight is 359 g/mol. The molecule has 0 amide bonds. The van der Waals surface area contributed by atoms with Gasteiger partial charge in [-0.2, -0.15) is 0 Å². The van der Waals surface area contributed by atoms with E-state index in [4.69, 9.17) is 9.73 Å². The number of para-hydroxylation sites is 1. The fraction of sp³-hybridized carbons (Fsp3) is 0.0870. The van der Waals surface area contributed by atoms with Crippen LogP contribution in [0.4, 0.5) is 5.69 Å². The molecule has 3 rings (SSSR count). The first-order valence-corrected chi connectivity index (χ1v) is 9.31. The minimum Gasteiger partial charge on any atom is -0.497 e. The zero-order valence-electron chi connectivity index (χ0n) is 14.9. The van der Waals surface area contributed by atoms with Crippen LogP contribution in [-0.4, -0.2) is 12.8 Å². The van der Waals surface area contributed by atoms with Crippen molar-refractivity contribution in [3.05, 3.63) is 101 Å². The number of aryl methyl sites for hydroxylation is 1. The van der Waals surface area contributed by atoms with E-state index in [1.54, 1.807) is 18.9 Å². The molecule has 0 radical (unpaired) electrons. The highest BCUT2D eigenvalue weighted by atomic mass is 32.2. The predicted octanol–water partition coefficient (Wildman–Crippen LogP) is 6.43. The fourth-order valence-corrected chi connectivity index (χ4v) is 3.24. The molecule has 0 heterocycles. The summed E-state index contributed by atoms with van der Waals surface area (Å²) in [5, 5.41) is 2.07. The monoisotopic (exact) mass is 359 g/mol. The van der Waals surface area contributed by atoms with E-state index in [0.29, 0.717) is 0 Å². The molecule has 0 saturated carbocycles. The summed E-state index contributed by atoms with van der Waals surface area (Å²) in [5.74, 6) is 0.862. The van der Waals surface area contributed by atoms with Gasteiger partial charge >= 0.3 is 0 Å². The predicted molar refractivity (Wildman–Crippen MR) is 112 cm³/mol. The maximum atomic E-state index is 5.29. The number of hydrogen-bond acceptors (Lipinski definition) is 3. The summed E-state index contributed by atoms with van der Waals surface area (Å²) in [6.45, 7) is 2.11. The van der Waals surface area contributed by atoms with Crippen molar-refractivity contribution in [2.24, 2.45) is 4.99 Å². The van der Waals surface area contributed by atoms with Crippen molar-refractivity contribution in [1.82, 2.24) is 0 Å². The van der Waals surface area contributed by atoms with Gasteiger partial charge in [0.25, 0.3) is 0 Å². The van der Waals surface area contributed by atoms with Crippen molar-refractivity contribution >= 4 is 23.2 Å². The summed E-state index contributed by atoms with van der Waals surface area (Å²) in [6, 6.07) is 26.4. The third-order valence-corrected chi connectivity index (χ3v) is 4.70. The second-order valence-corrected chi connectivity index (χ2v) is 6.73. The van der Waals surface area contributed by atoms with Gasteiger partial charge in [-0.1, -0.05) is 60.3 Å². The quantitative estimate of drug-likeness (QED) is 0.373. The number of ether oxygens (including phenoxy) is 1. The molecule has 0 atom stereocenters. The number of methoxy groups -OCH3 is 1. The van der Waals surface area contributed by atoms with E-state index in [9.17, 15) is 0 Å². The second-order valence-electron chi connectivity index (χ2n) is 5.75. The van der Waals surface area contributed by atoms with Gasteiger partial charge in [0, 0.05) is 10.5 Å². The van der Waals surface area contributed by atoms with Crippen LogP contribution in [0.25, 0.3) is 0 Å². The lowest BCUT2D eigenvalue weighted by Crippen LogP contribution is -1.99. The van der Waals surface area contributed by atoms with Crippen LogP contribution in [0.3, 0.4) is 0 Å². The molecule has 3 heteroatoms. The molecule has 0 aromatic heterocycles.